The topological polar surface area (TPSA) is 24.4 Å². The fourth-order valence-corrected chi connectivity index (χ4v) is 1.52. The monoisotopic (exact) mass is 194 g/mol. The van der Waals surface area contributed by atoms with Gasteiger partial charge in [0.2, 0.25) is 0 Å². The Morgan fingerprint density at radius 1 is 1.31 bits per heavy atom. The SMILES string of the molecule is ClCc1ccc(C2=NCCN2)cc1. The van der Waals surface area contributed by atoms with Gasteiger partial charge in [-0.15, -0.1) is 11.6 Å². The van der Waals surface area contributed by atoms with Gasteiger partial charge >= 0.3 is 0 Å². The van der Waals surface area contributed by atoms with Crippen LogP contribution in [-0.2, 0) is 5.88 Å². The van der Waals surface area contributed by atoms with Gasteiger partial charge in [0.15, 0.2) is 0 Å². The van der Waals surface area contributed by atoms with Gasteiger partial charge in [-0.2, -0.15) is 0 Å². The smallest absolute Gasteiger partial charge is 0.128 e. The molecule has 1 heterocycles. The highest BCUT2D eigenvalue weighted by atomic mass is 35.5. The molecule has 0 aromatic heterocycles. The lowest BCUT2D eigenvalue weighted by molar-refractivity contribution is 0.960. The normalized spacial score (nSPS) is 15.3. The van der Waals surface area contributed by atoms with Crippen LogP contribution in [0.5, 0.6) is 0 Å². The van der Waals surface area contributed by atoms with E-state index in [1.807, 2.05) is 12.1 Å². The Bertz CT molecular complexity index is 316. The molecule has 0 saturated carbocycles. The molecule has 2 nitrogen and oxygen atoms in total. The summed E-state index contributed by atoms with van der Waals surface area (Å²) in [7, 11) is 0. The summed E-state index contributed by atoms with van der Waals surface area (Å²) >= 11 is 5.69. The molecule has 13 heavy (non-hydrogen) atoms. The van der Waals surface area contributed by atoms with Crippen LogP contribution in [0.3, 0.4) is 0 Å². The van der Waals surface area contributed by atoms with Crippen molar-refractivity contribution in [3.8, 4) is 0 Å². The highest BCUT2D eigenvalue weighted by molar-refractivity contribution is 6.17. The first-order valence-corrected chi connectivity index (χ1v) is 4.87. The Balaban J connectivity index is 2.22. The highest BCUT2D eigenvalue weighted by Crippen LogP contribution is 2.08. The molecule has 0 fully saturated rings. The summed E-state index contributed by atoms with van der Waals surface area (Å²) in [4.78, 5) is 4.33. The second kappa shape index (κ2) is 3.79. The Labute approximate surface area is 82.6 Å². The Morgan fingerprint density at radius 2 is 2.08 bits per heavy atom. The Morgan fingerprint density at radius 3 is 2.62 bits per heavy atom. The first-order chi connectivity index (χ1) is 6.40. The summed E-state index contributed by atoms with van der Waals surface area (Å²) in [6.07, 6.45) is 0. The minimum atomic E-state index is 0.570. The molecule has 0 unspecified atom stereocenters. The molecule has 1 aliphatic rings. The van der Waals surface area contributed by atoms with E-state index in [4.69, 9.17) is 11.6 Å². The minimum absolute atomic E-state index is 0.570. The van der Waals surface area contributed by atoms with Crippen LogP contribution in [0.25, 0.3) is 0 Å². The third-order valence-corrected chi connectivity index (χ3v) is 2.36. The number of hydrogen-bond donors (Lipinski definition) is 1. The average molecular weight is 195 g/mol. The van der Waals surface area contributed by atoms with Crippen molar-refractivity contribution in [3.63, 3.8) is 0 Å². The number of nitrogens with one attached hydrogen (secondary N) is 1. The second-order valence-electron chi connectivity index (χ2n) is 2.99. The predicted molar refractivity (Wildman–Crippen MR) is 55.4 cm³/mol. The van der Waals surface area contributed by atoms with Crippen molar-refractivity contribution in [1.82, 2.24) is 5.32 Å². The van der Waals surface area contributed by atoms with Gasteiger partial charge in [-0.05, 0) is 5.56 Å². The van der Waals surface area contributed by atoms with E-state index in [9.17, 15) is 0 Å². The number of amidine groups is 1. The molecule has 0 bridgehead atoms. The predicted octanol–water partition coefficient (Wildman–Crippen LogP) is 1.78. The van der Waals surface area contributed by atoms with Crippen molar-refractivity contribution in [1.29, 1.82) is 0 Å². The molecular weight excluding hydrogens is 184 g/mol. The van der Waals surface area contributed by atoms with Gasteiger partial charge in [0.05, 0.1) is 6.54 Å². The van der Waals surface area contributed by atoms with E-state index in [-0.39, 0.29) is 0 Å². The third-order valence-electron chi connectivity index (χ3n) is 2.06. The second-order valence-corrected chi connectivity index (χ2v) is 3.25. The third kappa shape index (κ3) is 1.83. The van der Waals surface area contributed by atoms with Gasteiger partial charge in [-0.1, -0.05) is 24.3 Å². The van der Waals surface area contributed by atoms with Gasteiger partial charge in [-0.3, -0.25) is 4.99 Å². The van der Waals surface area contributed by atoms with E-state index in [0.717, 1.165) is 30.1 Å². The quantitative estimate of drug-likeness (QED) is 0.714. The molecule has 0 saturated heterocycles. The summed E-state index contributed by atoms with van der Waals surface area (Å²) < 4.78 is 0. The van der Waals surface area contributed by atoms with Crippen molar-refractivity contribution in [2.45, 2.75) is 5.88 Å². The van der Waals surface area contributed by atoms with Crippen LogP contribution in [0.4, 0.5) is 0 Å². The first-order valence-electron chi connectivity index (χ1n) is 4.34. The van der Waals surface area contributed by atoms with Crippen molar-refractivity contribution in [3.05, 3.63) is 35.4 Å². The van der Waals surface area contributed by atoms with E-state index >= 15 is 0 Å². The standard InChI is InChI=1S/C10H11ClN2/c11-7-8-1-3-9(4-2-8)10-12-5-6-13-10/h1-4H,5-7H2,(H,12,13). The molecule has 1 aromatic rings. The molecule has 0 radical (unpaired) electrons. The molecule has 1 aliphatic heterocycles. The number of rotatable bonds is 2. The lowest BCUT2D eigenvalue weighted by Crippen LogP contribution is -2.19. The van der Waals surface area contributed by atoms with Crippen LogP contribution in [0.1, 0.15) is 11.1 Å². The first kappa shape index (κ1) is 8.57. The zero-order valence-electron chi connectivity index (χ0n) is 7.26. The van der Waals surface area contributed by atoms with Gasteiger partial charge in [0.1, 0.15) is 5.84 Å². The van der Waals surface area contributed by atoms with E-state index in [1.165, 1.54) is 0 Å². The minimum Gasteiger partial charge on any atom is -0.368 e. The van der Waals surface area contributed by atoms with E-state index in [0.29, 0.717) is 5.88 Å². The largest absolute Gasteiger partial charge is 0.368 e. The lowest BCUT2D eigenvalue weighted by atomic mass is 10.1. The molecule has 1 N–H and O–H groups in total. The fourth-order valence-electron chi connectivity index (χ4n) is 1.34. The van der Waals surface area contributed by atoms with Gasteiger partial charge in [-0.25, -0.2) is 0 Å². The van der Waals surface area contributed by atoms with Crippen LogP contribution in [0.2, 0.25) is 0 Å². The maximum Gasteiger partial charge on any atom is 0.128 e. The van der Waals surface area contributed by atoms with Crippen LogP contribution < -0.4 is 5.32 Å². The fraction of sp³-hybridized carbons (Fsp3) is 0.300. The van der Waals surface area contributed by atoms with Crippen LogP contribution in [-0.4, -0.2) is 18.9 Å². The summed E-state index contributed by atoms with van der Waals surface area (Å²) in [5.74, 6) is 1.57. The molecule has 0 aliphatic carbocycles. The number of aliphatic imine (C=N–C) groups is 1. The zero-order valence-corrected chi connectivity index (χ0v) is 8.01. The molecule has 68 valence electrons. The van der Waals surface area contributed by atoms with E-state index in [2.05, 4.69) is 22.4 Å². The molecule has 0 atom stereocenters. The maximum absolute atomic E-state index is 5.69. The van der Waals surface area contributed by atoms with E-state index in [1.54, 1.807) is 0 Å². The molecule has 2 rings (SSSR count). The van der Waals surface area contributed by atoms with Crippen molar-refractivity contribution in [2.75, 3.05) is 13.1 Å². The lowest BCUT2D eigenvalue weighted by Gasteiger charge is -2.02. The average Bonchev–Trinajstić information content (AvgIpc) is 2.71. The summed E-state index contributed by atoms with van der Waals surface area (Å²) in [6.45, 7) is 1.83. The zero-order chi connectivity index (χ0) is 9.10. The van der Waals surface area contributed by atoms with Gasteiger partial charge in [0.25, 0.3) is 0 Å². The number of hydrogen-bond acceptors (Lipinski definition) is 2. The van der Waals surface area contributed by atoms with Gasteiger partial charge < -0.3 is 5.32 Å². The molecule has 0 amide bonds. The van der Waals surface area contributed by atoms with Crippen molar-refractivity contribution < 1.29 is 0 Å². The molecule has 3 heteroatoms. The summed E-state index contributed by atoms with van der Waals surface area (Å²) in [5.41, 5.74) is 2.29. The van der Waals surface area contributed by atoms with Crippen LogP contribution >= 0.6 is 11.6 Å². The molecular formula is C10H11ClN2. The number of nitrogens with zero attached hydrogens (tertiary/aromatic N) is 1. The number of alkyl halides is 1. The Hall–Kier alpha value is -1.02. The van der Waals surface area contributed by atoms with Crippen LogP contribution in [0.15, 0.2) is 29.3 Å². The highest BCUT2D eigenvalue weighted by Gasteiger charge is 2.06. The number of halogens is 1. The Kier molecular flexibility index (Phi) is 2.50. The molecule has 1 aromatic carbocycles. The number of benzene rings is 1. The van der Waals surface area contributed by atoms with E-state index < -0.39 is 0 Å². The summed E-state index contributed by atoms with van der Waals surface area (Å²) in [6, 6.07) is 8.17. The van der Waals surface area contributed by atoms with Gasteiger partial charge in [0, 0.05) is 18.0 Å². The van der Waals surface area contributed by atoms with Crippen LogP contribution in [0, 0.1) is 0 Å². The maximum atomic E-state index is 5.69. The van der Waals surface area contributed by atoms with Crippen molar-refractivity contribution >= 4 is 17.4 Å². The van der Waals surface area contributed by atoms with Crippen molar-refractivity contribution in [2.24, 2.45) is 4.99 Å². The summed E-state index contributed by atoms with van der Waals surface area (Å²) in [5, 5.41) is 3.23. The molecule has 0 spiro atoms.